The number of nitrogens with zero attached hydrogens (tertiary/aromatic N) is 1. The molecule has 0 aromatic heterocycles. The quantitative estimate of drug-likeness (QED) is 0.794. The van der Waals surface area contributed by atoms with Gasteiger partial charge >= 0.3 is 0 Å². The van der Waals surface area contributed by atoms with E-state index in [0.29, 0.717) is 0 Å². The number of carbonyl (C=O) groups is 1. The number of amides is 1. The van der Waals surface area contributed by atoms with E-state index in [4.69, 9.17) is 5.73 Å². The van der Waals surface area contributed by atoms with Crippen LogP contribution in [0, 0.1) is 0 Å². The van der Waals surface area contributed by atoms with Gasteiger partial charge in [0.25, 0.3) is 0 Å². The fourth-order valence-electron chi connectivity index (χ4n) is 1.37. The van der Waals surface area contributed by atoms with Crippen molar-refractivity contribution in [2.75, 3.05) is 13.3 Å². The molecular formula is C12H18N2OS. The predicted octanol–water partition coefficient (Wildman–Crippen LogP) is 1.71. The minimum atomic E-state index is -0.289. The van der Waals surface area contributed by atoms with Crippen LogP contribution in [0.15, 0.2) is 29.2 Å². The lowest BCUT2D eigenvalue weighted by Gasteiger charge is -2.21. The standard InChI is InChI=1S/C12H18N2OS/c1-9(12(13)15)14(2)8-10-4-6-11(16-3)7-5-10/h4-7,9H,8H2,1-3H3,(H2,13,15)/t9-/m0/s1. The van der Waals surface area contributed by atoms with Crippen LogP contribution >= 0.6 is 11.8 Å². The normalized spacial score (nSPS) is 12.8. The third kappa shape index (κ3) is 3.54. The van der Waals surface area contributed by atoms with E-state index in [1.165, 1.54) is 10.5 Å². The SMILES string of the molecule is CSc1ccc(CN(C)[C@@H](C)C(N)=O)cc1. The van der Waals surface area contributed by atoms with Crippen molar-refractivity contribution in [1.29, 1.82) is 0 Å². The molecule has 0 saturated heterocycles. The van der Waals surface area contributed by atoms with Gasteiger partial charge in [0, 0.05) is 11.4 Å². The van der Waals surface area contributed by atoms with Crippen molar-refractivity contribution in [3.63, 3.8) is 0 Å². The van der Waals surface area contributed by atoms with E-state index in [2.05, 4.69) is 30.5 Å². The zero-order chi connectivity index (χ0) is 12.1. The van der Waals surface area contributed by atoms with Gasteiger partial charge in [-0.1, -0.05) is 12.1 Å². The average molecular weight is 238 g/mol. The Hall–Kier alpha value is -1.00. The molecule has 1 aromatic rings. The molecule has 0 aliphatic heterocycles. The van der Waals surface area contributed by atoms with E-state index < -0.39 is 0 Å². The molecule has 0 aliphatic rings. The highest BCUT2D eigenvalue weighted by molar-refractivity contribution is 7.98. The van der Waals surface area contributed by atoms with Gasteiger partial charge in [-0.3, -0.25) is 9.69 Å². The lowest BCUT2D eigenvalue weighted by Crippen LogP contribution is -2.39. The summed E-state index contributed by atoms with van der Waals surface area (Å²) in [5, 5.41) is 0. The summed E-state index contributed by atoms with van der Waals surface area (Å²) in [5.74, 6) is -0.289. The first-order chi connectivity index (χ1) is 7.54. The first-order valence-electron chi connectivity index (χ1n) is 5.17. The summed E-state index contributed by atoms with van der Waals surface area (Å²) in [6.45, 7) is 2.55. The molecule has 88 valence electrons. The highest BCUT2D eigenvalue weighted by atomic mass is 32.2. The summed E-state index contributed by atoms with van der Waals surface area (Å²) in [4.78, 5) is 14.2. The summed E-state index contributed by atoms with van der Waals surface area (Å²) >= 11 is 1.72. The summed E-state index contributed by atoms with van der Waals surface area (Å²) in [5.41, 5.74) is 6.44. The number of primary amides is 1. The van der Waals surface area contributed by atoms with E-state index >= 15 is 0 Å². The third-order valence-electron chi connectivity index (χ3n) is 2.66. The topological polar surface area (TPSA) is 46.3 Å². The van der Waals surface area contributed by atoms with Gasteiger partial charge in [-0.25, -0.2) is 0 Å². The van der Waals surface area contributed by atoms with Crippen LogP contribution in [0.1, 0.15) is 12.5 Å². The van der Waals surface area contributed by atoms with Crippen LogP contribution in [0.2, 0.25) is 0 Å². The molecule has 0 unspecified atom stereocenters. The fourth-order valence-corrected chi connectivity index (χ4v) is 1.78. The van der Waals surface area contributed by atoms with Gasteiger partial charge in [0.15, 0.2) is 0 Å². The molecule has 1 amide bonds. The Morgan fingerprint density at radius 2 is 2.00 bits per heavy atom. The van der Waals surface area contributed by atoms with Gasteiger partial charge in [-0.05, 0) is 37.9 Å². The van der Waals surface area contributed by atoms with Gasteiger partial charge in [0.05, 0.1) is 6.04 Å². The average Bonchev–Trinajstić information content (AvgIpc) is 2.28. The van der Waals surface area contributed by atoms with Crippen molar-refractivity contribution in [3.8, 4) is 0 Å². The minimum absolute atomic E-state index is 0.236. The summed E-state index contributed by atoms with van der Waals surface area (Å²) in [7, 11) is 1.90. The predicted molar refractivity (Wildman–Crippen MR) is 68.3 cm³/mol. The first kappa shape index (κ1) is 13.1. The second-order valence-corrected chi connectivity index (χ2v) is 4.72. The number of benzene rings is 1. The molecule has 1 aromatic carbocycles. The number of thioether (sulfide) groups is 1. The van der Waals surface area contributed by atoms with Gasteiger partial charge in [-0.2, -0.15) is 0 Å². The molecule has 0 heterocycles. The molecule has 0 fully saturated rings. The number of nitrogens with two attached hydrogens (primary N) is 1. The van der Waals surface area contributed by atoms with Crippen molar-refractivity contribution < 1.29 is 4.79 Å². The summed E-state index contributed by atoms with van der Waals surface area (Å²) in [6.07, 6.45) is 2.05. The Kier molecular flexibility index (Phi) is 4.83. The smallest absolute Gasteiger partial charge is 0.234 e. The van der Waals surface area contributed by atoms with E-state index in [-0.39, 0.29) is 11.9 Å². The number of likely N-dealkylation sites (N-methyl/N-ethyl adjacent to an activating group) is 1. The van der Waals surface area contributed by atoms with Crippen LogP contribution in [-0.2, 0) is 11.3 Å². The van der Waals surface area contributed by atoms with Crippen molar-refractivity contribution in [3.05, 3.63) is 29.8 Å². The summed E-state index contributed by atoms with van der Waals surface area (Å²) in [6, 6.07) is 8.10. The molecule has 1 atom stereocenters. The molecule has 0 spiro atoms. The molecule has 0 bridgehead atoms. The van der Waals surface area contributed by atoms with Gasteiger partial charge < -0.3 is 5.73 Å². The maximum Gasteiger partial charge on any atom is 0.234 e. The highest BCUT2D eigenvalue weighted by Gasteiger charge is 2.14. The summed E-state index contributed by atoms with van der Waals surface area (Å²) < 4.78 is 0. The fraction of sp³-hybridized carbons (Fsp3) is 0.417. The lowest BCUT2D eigenvalue weighted by molar-refractivity contribution is -0.122. The molecule has 0 radical (unpaired) electrons. The number of hydrogen-bond donors (Lipinski definition) is 1. The van der Waals surface area contributed by atoms with Crippen LogP contribution < -0.4 is 5.73 Å². The van der Waals surface area contributed by atoms with Crippen LogP contribution in [0.5, 0.6) is 0 Å². The lowest BCUT2D eigenvalue weighted by atomic mass is 10.2. The van der Waals surface area contributed by atoms with Crippen LogP contribution in [0.4, 0.5) is 0 Å². The van der Waals surface area contributed by atoms with E-state index in [9.17, 15) is 4.79 Å². The van der Waals surface area contributed by atoms with E-state index in [1.807, 2.05) is 18.9 Å². The van der Waals surface area contributed by atoms with Crippen LogP contribution in [0.25, 0.3) is 0 Å². The Morgan fingerprint density at radius 3 is 2.44 bits per heavy atom. The number of rotatable bonds is 5. The number of carbonyl (C=O) groups excluding carboxylic acids is 1. The molecule has 16 heavy (non-hydrogen) atoms. The van der Waals surface area contributed by atoms with E-state index in [0.717, 1.165) is 6.54 Å². The minimum Gasteiger partial charge on any atom is -0.368 e. The maximum absolute atomic E-state index is 11.0. The van der Waals surface area contributed by atoms with Crippen molar-refractivity contribution >= 4 is 17.7 Å². The molecule has 2 N–H and O–H groups in total. The van der Waals surface area contributed by atoms with E-state index in [1.54, 1.807) is 11.8 Å². The highest BCUT2D eigenvalue weighted by Crippen LogP contribution is 2.15. The molecule has 3 nitrogen and oxygen atoms in total. The first-order valence-corrected chi connectivity index (χ1v) is 6.39. The monoisotopic (exact) mass is 238 g/mol. The van der Waals surface area contributed by atoms with Crippen LogP contribution in [-0.4, -0.2) is 30.2 Å². The van der Waals surface area contributed by atoms with Gasteiger partial charge in [-0.15, -0.1) is 11.8 Å². The number of hydrogen-bond acceptors (Lipinski definition) is 3. The van der Waals surface area contributed by atoms with Crippen molar-refractivity contribution in [2.24, 2.45) is 5.73 Å². The van der Waals surface area contributed by atoms with Gasteiger partial charge in [0.2, 0.25) is 5.91 Å². The second-order valence-electron chi connectivity index (χ2n) is 3.84. The Balaban J connectivity index is 2.62. The second kappa shape index (κ2) is 5.92. The third-order valence-corrected chi connectivity index (χ3v) is 3.41. The van der Waals surface area contributed by atoms with Gasteiger partial charge in [0.1, 0.15) is 0 Å². The van der Waals surface area contributed by atoms with Crippen molar-refractivity contribution in [2.45, 2.75) is 24.4 Å². The Bertz CT molecular complexity index is 351. The Morgan fingerprint density at radius 1 is 1.44 bits per heavy atom. The van der Waals surface area contributed by atoms with Crippen molar-refractivity contribution in [1.82, 2.24) is 4.90 Å². The Labute approximate surface area is 101 Å². The molecular weight excluding hydrogens is 220 g/mol. The molecule has 4 heteroatoms. The maximum atomic E-state index is 11.0. The zero-order valence-corrected chi connectivity index (χ0v) is 10.8. The largest absolute Gasteiger partial charge is 0.368 e. The zero-order valence-electron chi connectivity index (χ0n) is 9.93. The molecule has 0 saturated carbocycles. The molecule has 1 rings (SSSR count). The molecule has 0 aliphatic carbocycles. The van der Waals surface area contributed by atoms with Crippen LogP contribution in [0.3, 0.4) is 0 Å².